The van der Waals surface area contributed by atoms with Crippen LogP contribution in [-0.2, 0) is 4.74 Å². The van der Waals surface area contributed by atoms with E-state index in [1.165, 1.54) is 16.7 Å². The summed E-state index contributed by atoms with van der Waals surface area (Å²) in [5, 5.41) is 3.53. The van der Waals surface area contributed by atoms with Crippen molar-refractivity contribution < 1.29 is 4.74 Å². The Kier molecular flexibility index (Phi) is 4.32. The van der Waals surface area contributed by atoms with Crippen molar-refractivity contribution in [3.8, 4) is 0 Å². The molecule has 1 saturated heterocycles. The summed E-state index contributed by atoms with van der Waals surface area (Å²) >= 11 is 0. The fraction of sp³-hybridized carbons (Fsp3) is 0.647. The van der Waals surface area contributed by atoms with Crippen molar-refractivity contribution in [3.63, 3.8) is 0 Å². The highest BCUT2D eigenvalue weighted by molar-refractivity contribution is 5.36. The number of ether oxygens (including phenoxy) is 1. The standard InChI is InChI=1S/C17H27NO/c1-10-8-7-9-15(11(10)2)17(18-6)16-12(3)13(4)19-14(16)5/h7-9,12-14,16-18H,1-6H3. The molecule has 106 valence electrons. The van der Waals surface area contributed by atoms with Gasteiger partial charge in [0.2, 0.25) is 0 Å². The van der Waals surface area contributed by atoms with Gasteiger partial charge in [0.1, 0.15) is 0 Å². The maximum absolute atomic E-state index is 6.02. The lowest BCUT2D eigenvalue weighted by molar-refractivity contribution is 0.0478. The molecule has 1 heterocycles. The number of rotatable bonds is 3. The van der Waals surface area contributed by atoms with E-state index in [-0.39, 0.29) is 0 Å². The zero-order valence-corrected chi connectivity index (χ0v) is 13.0. The number of aryl methyl sites for hydroxylation is 1. The van der Waals surface area contributed by atoms with Crippen LogP contribution >= 0.6 is 0 Å². The molecular formula is C17H27NO. The second kappa shape index (κ2) is 5.64. The first-order valence-electron chi connectivity index (χ1n) is 7.36. The normalized spacial score (nSPS) is 32.5. The van der Waals surface area contributed by atoms with Gasteiger partial charge in [-0.15, -0.1) is 0 Å². The first kappa shape index (κ1) is 14.5. The molecule has 1 aromatic carbocycles. The lowest BCUT2D eigenvalue weighted by Crippen LogP contribution is -2.33. The highest BCUT2D eigenvalue weighted by Gasteiger charge is 2.42. The summed E-state index contributed by atoms with van der Waals surface area (Å²) < 4.78 is 6.02. The van der Waals surface area contributed by atoms with Crippen molar-refractivity contribution in [1.29, 1.82) is 0 Å². The SMILES string of the molecule is CNC(c1cccc(C)c1C)C1C(C)OC(C)C1C. The molecule has 2 heteroatoms. The summed E-state index contributed by atoms with van der Waals surface area (Å²) in [7, 11) is 2.06. The maximum atomic E-state index is 6.02. The lowest BCUT2D eigenvalue weighted by Gasteiger charge is -2.30. The van der Waals surface area contributed by atoms with Crippen LogP contribution in [0.4, 0.5) is 0 Å². The number of hydrogen-bond acceptors (Lipinski definition) is 2. The molecule has 1 fully saturated rings. The van der Waals surface area contributed by atoms with E-state index < -0.39 is 0 Å². The summed E-state index contributed by atoms with van der Waals surface area (Å²) in [6.07, 6.45) is 0.656. The smallest absolute Gasteiger partial charge is 0.0600 e. The molecule has 2 rings (SSSR count). The molecule has 1 aliphatic heterocycles. The highest BCUT2D eigenvalue weighted by atomic mass is 16.5. The fourth-order valence-electron chi connectivity index (χ4n) is 3.53. The van der Waals surface area contributed by atoms with Crippen LogP contribution in [0, 0.1) is 25.7 Å². The van der Waals surface area contributed by atoms with E-state index in [1.54, 1.807) is 0 Å². The molecule has 0 spiro atoms. The second-order valence-corrected chi connectivity index (χ2v) is 6.04. The van der Waals surface area contributed by atoms with Gasteiger partial charge in [0, 0.05) is 12.0 Å². The lowest BCUT2D eigenvalue weighted by atomic mass is 9.79. The first-order chi connectivity index (χ1) is 8.97. The van der Waals surface area contributed by atoms with Crippen LogP contribution in [0.1, 0.15) is 43.5 Å². The van der Waals surface area contributed by atoms with E-state index in [2.05, 4.69) is 65.2 Å². The van der Waals surface area contributed by atoms with Crippen LogP contribution in [0.3, 0.4) is 0 Å². The third-order valence-electron chi connectivity index (χ3n) is 5.00. The topological polar surface area (TPSA) is 21.3 Å². The summed E-state index contributed by atoms with van der Waals surface area (Å²) in [4.78, 5) is 0. The first-order valence-corrected chi connectivity index (χ1v) is 7.36. The molecule has 0 aromatic heterocycles. The molecule has 5 atom stereocenters. The van der Waals surface area contributed by atoms with Gasteiger partial charge in [0.15, 0.2) is 0 Å². The van der Waals surface area contributed by atoms with E-state index in [0.717, 1.165) is 0 Å². The van der Waals surface area contributed by atoms with Crippen molar-refractivity contribution in [2.45, 2.75) is 52.9 Å². The number of nitrogens with one attached hydrogen (secondary N) is 1. The molecule has 0 bridgehead atoms. The Hall–Kier alpha value is -0.860. The molecule has 2 nitrogen and oxygen atoms in total. The largest absolute Gasteiger partial charge is 0.375 e. The number of hydrogen-bond donors (Lipinski definition) is 1. The van der Waals surface area contributed by atoms with E-state index in [4.69, 9.17) is 4.74 Å². The van der Waals surface area contributed by atoms with E-state index in [0.29, 0.717) is 30.1 Å². The molecule has 1 N–H and O–H groups in total. The van der Waals surface area contributed by atoms with Gasteiger partial charge in [0.05, 0.1) is 12.2 Å². The maximum Gasteiger partial charge on any atom is 0.0600 e. The minimum atomic E-state index is 0.308. The molecule has 0 amide bonds. The van der Waals surface area contributed by atoms with Crippen molar-refractivity contribution >= 4 is 0 Å². The van der Waals surface area contributed by atoms with E-state index in [1.807, 2.05) is 0 Å². The van der Waals surface area contributed by atoms with Crippen LogP contribution in [0.5, 0.6) is 0 Å². The Balaban J connectivity index is 2.37. The molecular weight excluding hydrogens is 234 g/mol. The van der Waals surface area contributed by atoms with Gasteiger partial charge in [-0.05, 0) is 57.4 Å². The van der Waals surface area contributed by atoms with Gasteiger partial charge < -0.3 is 10.1 Å². The summed E-state index contributed by atoms with van der Waals surface area (Å²) in [6.45, 7) is 11.1. The quantitative estimate of drug-likeness (QED) is 0.897. The monoisotopic (exact) mass is 261 g/mol. The Morgan fingerprint density at radius 3 is 2.32 bits per heavy atom. The predicted molar refractivity (Wildman–Crippen MR) is 80.4 cm³/mol. The zero-order chi connectivity index (χ0) is 14.2. The Bertz CT molecular complexity index is 443. The van der Waals surface area contributed by atoms with Gasteiger partial charge in [-0.1, -0.05) is 25.1 Å². The Morgan fingerprint density at radius 2 is 1.79 bits per heavy atom. The summed E-state index contributed by atoms with van der Waals surface area (Å²) in [6, 6.07) is 6.98. The van der Waals surface area contributed by atoms with Gasteiger partial charge in [-0.3, -0.25) is 0 Å². The minimum absolute atomic E-state index is 0.308. The third-order valence-corrected chi connectivity index (χ3v) is 5.00. The van der Waals surface area contributed by atoms with Crippen molar-refractivity contribution in [3.05, 3.63) is 34.9 Å². The van der Waals surface area contributed by atoms with Gasteiger partial charge in [-0.25, -0.2) is 0 Å². The van der Waals surface area contributed by atoms with Crippen molar-refractivity contribution in [1.82, 2.24) is 5.32 Å². The minimum Gasteiger partial charge on any atom is -0.375 e. The third kappa shape index (κ3) is 2.56. The van der Waals surface area contributed by atoms with Crippen LogP contribution in [0.25, 0.3) is 0 Å². The fourth-order valence-corrected chi connectivity index (χ4v) is 3.53. The average Bonchev–Trinajstić information content (AvgIpc) is 2.62. The van der Waals surface area contributed by atoms with Crippen LogP contribution in [0.2, 0.25) is 0 Å². The second-order valence-electron chi connectivity index (χ2n) is 6.04. The zero-order valence-electron chi connectivity index (χ0n) is 13.0. The Labute approximate surface area is 117 Å². The summed E-state index contributed by atoms with van der Waals surface area (Å²) in [5.41, 5.74) is 4.19. The molecule has 5 unspecified atom stereocenters. The van der Waals surface area contributed by atoms with Crippen molar-refractivity contribution in [2.75, 3.05) is 7.05 Å². The molecule has 0 radical (unpaired) electrons. The van der Waals surface area contributed by atoms with Crippen LogP contribution < -0.4 is 5.32 Å². The predicted octanol–water partition coefficient (Wildman–Crippen LogP) is 3.62. The van der Waals surface area contributed by atoms with Crippen LogP contribution in [0.15, 0.2) is 18.2 Å². The van der Waals surface area contributed by atoms with Gasteiger partial charge in [0.25, 0.3) is 0 Å². The highest BCUT2D eigenvalue weighted by Crippen LogP contribution is 2.41. The molecule has 1 aromatic rings. The van der Waals surface area contributed by atoms with Crippen molar-refractivity contribution in [2.24, 2.45) is 11.8 Å². The molecule has 19 heavy (non-hydrogen) atoms. The van der Waals surface area contributed by atoms with E-state index >= 15 is 0 Å². The molecule has 0 aliphatic carbocycles. The molecule has 0 saturated carbocycles. The summed E-state index contributed by atoms with van der Waals surface area (Å²) in [5.74, 6) is 1.10. The van der Waals surface area contributed by atoms with Crippen LogP contribution in [-0.4, -0.2) is 19.3 Å². The van der Waals surface area contributed by atoms with Gasteiger partial charge in [-0.2, -0.15) is 0 Å². The Morgan fingerprint density at radius 1 is 1.11 bits per heavy atom. The molecule has 1 aliphatic rings. The van der Waals surface area contributed by atoms with E-state index in [9.17, 15) is 0 Å². The number of benzene rings is 1. The van der Waals surface area contributed by atoms with Gasteiger partial charge >= 0.3 is 0 Å². The average molecular weight is 261 g/mol.